The van der Waals surface area contributed by atoms with Gasteiger partial charge in [0, 0.05) is 17.2 Å². The summed E-state index contributed by atoms with van der Waals surface area (Å²) in [6.45, 7) is 2.08. The summed E-state index contributed by atoms with van der Waals surface area (Å²) in [7, 11) is 0. The van der Waals surface area contributed by atoms with Crippen molar-refractivity contribution in [1.29, 1.82) is 0 Å². The number of nitrogens with zero attached hydrogens (tertiary/aromatic N) is 2. The SMILES string of the molecule is CCOC(=O)c1ccc(-c2ccc(/C=c3/sc4n(c3=O)[C@@H](c3ccc(F)cc3)C3=C(N=4)c4ccccc4CC3)o2)cc1. The summed E-state index contributed by atoms with van der Waals surface area (Å²) in [6.07, 6.45) is 3.35. The summed E-state index contributed by atoms with van der Waals surface area (Å²) < 4.78 is 27.2. The molecular formula is C34H25FN2O4S. The number of furan rings is 1. The Morgan fingerprint density at radius 2 is 1.83 bits per heavy atom. The molecule has 1 atom stereocenters. The second-order valence-corrected chi connectivity index (χ2v) is 11.2. The van der Waals surface area contributed by atoms with E-state index in [0.29, 0.717) is 33.0 Å². The van der Waals surface area contributed by atoms with Crippen molar-refractivity contribution in [3.05, 3.63) is 144 Å². The topological polar surface area (TPSA) is 73.8 Å². The van der Waals surface area contributed by atoms with Crippen LogP contribution in [0.5, 0.6) is 0 Å². The van der Waals surface area contributed by atoms with Gasteiger partial charge in [0.05, 0.1) is 28.4 Å². The van der Waals surface area contributed by atoms with E-state index in [9.17, 15) is 14.0 Å². The first-order valence-corrected chi connectivity index (χ1v) is 14.6. The number of rotatable bonds is 5. The highest BCUT2D eigenvalue weighted by Crippen LogP contribution is 2.41. The number of esters is 1. The van der Waals surface area contributed by atoms with Gasteiger partial charge in [0.2, 0.25) is 0 Å². The highest BCUT2D eigenvalue weighted by atomic mass is 32.1. The molecule has 7 rings (SSSR count). The summed E-state index contributed by atoms with van der Waals surface area (Å²) >= 11 is 1.31. The Balaban J connectivity index is 1.31. The molecule has 0 amide bonds. The van der Waals surface area contributed by atoms with Gasteiger partial charge in [0.25, 0.3) is 5.56 Å². The highest BCUT2D eigenvalue weighted by Gasteiger charge is 2.32. The number of aromatic nitrogens is 1. The van der Waals surface area contributed by atoms with E-state index in [1.807, 2.05) is 24.3 Å². The van der Waals surface area contributed by atoms with Gasteiger partial charge in [-0.3, -0.25) is 9.36 Å². The molecular weight excluding hydrogens is 551 g/mol. The summed E-state index contributed by atoms with van der Waals surface area (Å²) in [5, 5.41) is 0. The molecule has 0 fully saturated rings. The number of carbonyl (C=O) groups excluding carboxylic acids is 1. The molecule has 0 N–H and O–H groups in total. The van der Waals surface area contributed by atoms with Crippen LogP contribution in [0, 0.1) is 5.82 Å². The van der Waals surface area contributed by atoms with Gasteiger partial charge in [-0.25, -0.2) is 14.2 Å². The lowest BCUT2D eigenvalue weighted by Gasteiger charge is -2.30. The fourth-order valence-electron chi connectivity index (χ4n) is 5.67. The molecule has 0 saturated heterocycles. The van der Waals surface area contributed by atoms with Gasteiger partial charge in [0.1, 0.15) is 17.3 Å². The van der Waals surface area contributed by atoms with Gasteiger partial charge >= 0.3 is 5.97 Å². The zero-order chi connectivity index (χ0) is 28.8. The van der Waals surface area contributed by atoms with Crippen molar-refractivity contribution < 1.29 is 18.3 Å². The molecule has 0 bridgehead atoms. The summed E-state index contributed by atoms with van der Waals surface area (Å²) in [5.41, 5.74) is 6.20. The molecule has 0 radical (unpaired) electrons. The number of ether oxygens (including phenoxy) is 1. The predicted molar refractivity (Wildman–Crippen MR) is 159 cm³/mol. The Labute approximate surface area is 244 Å². The molecule has 1 aliphatic heterocycles. The maximum Gasteiger partial charge on any atom is 0.338 e. The molecule has 3 aromatic carbocycles. The first kappa shape index (κ1) is 26.1. The Bertz CT molecular complexity index is 2050. The van der Waals surface area contributed by atoms with Crippen LogP contribution < -0.4 is 14.9 Å². The van der Waals surface area contributed by atoms with Crippen molar-refractivity contribution in [2.75, 3.05) is 6.61 Å². The minimum atomic E-state index is -0.377. The van der Waals surface area contributed by atoms with Crippen molar-refractivity contribution in [2.45, 2.75) is 25.8 Å². The van der Waals surface area contributed by atoms with E-state index < -0.39 is 0 Å². The number of hydrogen-bond acceptors (Lipinski definition) is 6. The number of hydrogen-bond donors (Lipinski definition) is 0. The molecule has 208 valence electrons. The number of thiazole rings is 1. The Morgan fingerprint density at radius 1 is 1.05 bits per heavy atom. The van der Waals surface area contributed by atoms with Crippen molar-refractivity contribution in [2.24, 2.45) is 4.99 Å². The van der Waals surface area contributed by atoms with Crippen LogP contribution in [0.1, 0.15) is 52.2 Å². The molecule has 0 saturated carbocycles. The molecule has 2 aliphatic rings. The molecule has 2 aromatic heterocycles. The number of aryl methyl sites for hydroxylation is 1. The van der Waals surface area contributed by atoms with Gasteiger partial charge in [-0.15, -0.1) is 0 Å². The quantitative estimate of drug-likeness (QED) is 0.245. The normalized spacial score (nSPS) is 16.0. The summed E-state index contributed by atoms with van der Waals surface area (Å²) in [5.74, 6) is 0.444. The van der Waals surface area contributed by atoms with Crippen LogP contribution in [0.15, 0.2) is 105 Å². The number of benzene rings is 3. The average molecular weight is 577 g/mol. The van der Waals surface area contributed by atoms with E-state index in [-0.39, 0.29) is 23.4 Å². The van der Waals surface area contributed by atoms with E-state index >= 15 is 0 Å². The minimum Gasteiger partial charge on any atom is -0.462 e. The number of carbonyl (C=O) groups is 1. The van der Waals surface area contributed by atoms with Crippen molar-refractivity contribution in [3.8, 4) is 11.3 Å². The zero-order valence-corrected chi connectivity index (χ0v) is 23.5. The van der Waals surface area contributed by atoms with Crippen LogP contribution in [0.2, 0.25) is 0 Å². The summed E-state index contributed by atoms with van der Waals surface area (Å²) in [6, 6.07) is 24.9. The van der Waals surface area contributed by atoms with Gasteiger partial charge in [-0.05, 0) is 72.9 Å². The number of halogens is 1. The van der Waals surface area contributed by atoms with E-state index in [1.54, 1.807) is 54.0 Å². The fraction of sp³-hybridized carbons (Fsp3) is 0.147. The van der Waals surface area contributed by atoms with Crippen LogP contribution in [-0.4, -0.2) is 17.1 Å². The number of allylic oxidation sites excluding steroid dienone is 1. The van der Waals surface area contributed by atoms with E-state index in [1.165, 1.54) is 29.0 Å². The third kappa shape index (κ3) is 4.54. The Morgan fingerprint density at radius 3 is 2.62 bits per heavy atom. The van der Waals surface area contributed by atoms with Crippen LogP contribution in [0.25, 0.3) is 23.1 Å². The van der Waals surface area contributed by atoms with Gasteiger partial charge < -0.3 is 9.15 Å². The first-order chi connectivity index (χ1) is 20.5. The van der Waals surface area contributed by atoms with Gasteiger partial charge in [-0.1, -0.05) is 59.9 Å². The molecule has 8 heteroatoms. The van der Waals surface area contributed by atoms with Crippen LogP contribution in [0.3, 0.4) is 0 Å². The maximum absolute atomic E-state index is 13.9. The average Bonchev–Trinajstić information content (AvgIpc) is 3.61. The van der Waals surface area contributed by atoms with Crippen LogP contribution in [0.4, 0.5) is 4.39 Å². The van der Waals surface area contributed by atoms with Crippen molar-refractivity contribution in [1.82, 2.24) is 4.57 Å². The van der Waals surface area contributed by atoms with Crippen LogP contribution in [-0.2, 0) is 11.2 Å². The summed E-state index contributed by atoms with van der Waals surface area (Å²) in [4.78, 5) is 31.5. The highest BCUT2D eigenvalue weighted by molar-refractivity contribution is 7.07. The minimum absolute atomic E-state index is 0.171. The first-order valence-electron chi connectivity index (χ1n) is 13.8. The van der Waals surface area contributed by atoms with E-state index in [2.05, 4.69) is 12.1 Å². The molecule has 5 aromatic rings. The molecule has 6 nitrogen and oxygen atoms in total. The predicted octanol–water partition coefficient (Wildman–Crippen LogP) is 5.89. The van der Waals surface area contributed by atoms with E-state index in [4.69, 9.17) is 14.1 Å². The van der Waals surface area contributed by atoms with Crippen molar-refractivity contribution in [3.63, 3.8) is 0 Å². The van der Waals surface area contributed by atoms with Crippen LogP contribution >= 0.6 is 11.3 Å². The lowest BCUT2D eigenvalue weighted by molar-refractivity contribution is 0.0526. The second-order valence-electron chi connectivity index (χ2n) is 10.2. The Kier molecular flexibility index (Phi) is 6.55. The molecule has 0 unspecified atom stereocenters. The maximum atomic E-state index is 13.9. The van der Waals surface area contributed by atoms with Gasteiger partial charge in [0.15, 0.2) is 4.80 Å². The molecule has 42 heavy (non-hydrogen) atoms. The largest absolute Gasteiger partial charge is 0.462 e. The van der Waals surface area contributed by atoms with Crippen molar-refractivity contribution >= 4 is 29.1 Å². The standard InChI is InChI=1S/C34H25FN2O4S/c1-2-40-33(39)23-9-7-21(8-10-23)28-18-16-25(41-28)19-29-32(38)37-31(22-11-14-24(35)15-12-22)27-17-13-20-5-3-4-6-26(20)30(27)36-34(37)42-29/h3-12,14-16,18-19,31H,2,13,17H2,1H3/b29-19+/t31-/m0/s1. The smallest absolute Gasteiger partial charge is 0.338 e. The van der Waals surface area contributed by atoms with Gasteiger partial charge in [-0.2, -0.15) is 0 Å². The molecule has 3 heterocycles. The lowest BCUT2D eigenvalue weighted by Crippen LogP contribution is -2.38. The van der Waals surface area contributed by atoms with E-state index in [0.717, 1.165) is 40.8 Å². The fourth-order valence-corrected chi connectivity index (χ4v) is 6.65. The monoisotopic (exact) mass is 576 g/mol. The zero-order valence-electron chi connectivity index (χ0n) is 22.7. The Hall–Kier alpha value is -4.82. The second kappa shape index (κ2) is 10.5. The third-order valence-corrected chi connectivity index (χ3v) is 8.62. The third-order valence-electron chi connectivity index (χ3n) is 7.64. The molecule has 0 spiro atoms. The molecule has 1 aliphatic carbocycles. The lowest BCUT2D eigenvalue weighted by atomic mass is 9.83. The number of fused-ring (bicyclic) bond motifs is 3.